The maximum absolute atomic E-state index is 13.2. The lowest BCUT2D eigenvalue weighted by molar-refractivity contribution is -0.139. The Hall–Kier alpha value is -2.49. The number of nitrogens with zero attached hydrogens (tertiary/aromatic N) is 1. The van der Waals surface area contributed by atoms with Gasteiger partial charge < -0.3 is 10.6 Å². The summed E-state index contributed by atoms with van der Waals surface area (Å²) < 4.78 is 40.6. The van der Waals surface area contributed by atoms with Crippen LogP contribution in [0.25, 0.3) is 0 Å². The van der Waals surface area contributed by atoms with Gasteiger partial charge in [-0.1, -0.05) is 30.2 Å². The zero-order valence-electron chi connectivity index (χ0n) is 18.1. The number of nitrogens with one attached hydrogen (secondary N) is 2. The molecule has 33 heavy (non-hydrogen) atoms. The summed E-state index contributed by atoms with van der Waals surface area (Å²) in [4.78, 5) is 24.2. The average molecular weight is 496 g/mol. The van der Waals surface area contributed by atoms with Gasteiger partial charge in [0.15, 0.2) is 0 Å². The van der Waals surface area contributed by atoms with Crippen molar-refractivity contribution in [3.05, 3.63) is 64.9 Å². The molecule has 0 saturated carbocycles. The van der Waals surface area contributed by atoms with Gasteiger partial charge in [0.1, 0.15) is 5.82 Å². The summed E-state index contributed by atoms with van der Waals surface area (Å²) in [5.74, 6) is -1.99. The molecule has 2 N–H and O–H groups in total. The van der Waals surface area contributed by atoms with Crippen LogP contribution in [0.15, 0.2) is 53.4 Å². The quantitative estimate of drug-likeness (QED) is 0.550. The second kappa shape index (κ2) is 11.6. The molecule has 1 fully saturated rings. The summed E-state index contributed by atoms with van der Waals surface area (Å²) in [7, 11) is -3.77. The Morgan fingerprint density at radius 1 is 0.970 bits per heavy atom. The molecule has 0 spiro atoms. The van der Waals surface area contributed by atoms with Gasteiger partial charge in [0, 0.05) is 30.7 Å². The van der Waals surface area contributed by atoms with Crippen molar-refractivity contribution in [1.82, 2.24) is 14.9 Å². The third kappa shape index (κ3) is 6.99. The third-order valence-corrected chi connectivity index (χ3v) is 7.79. The molecule has 178 valence electrons. The van der Waals surface area contributed by atoms with E-state index in [-0.39, 0.29) is 17.5 Å². The molecular weight excluding hydrogens is 469 g/mol. The van der Waals surface area contributed by atoms with Crippen LogP contribution in [0.4, 0.5) is 4.39 Å². The molecule has 2 aromatic carbocycles. The first-order valence-electron chi connectivity index (χ1n) is 10.9. The Kier molecular flexibility index (Phi) is 8.82. The maximum Gasteiger partial charge on any atom is 0.309 e. The summed E-state index contributed by atoms with van der Waals surface area (Å²) in [6.07, 6.45) is 3.21. The van der Waals surface area contributed by atoms with Crippen molar-refractivity contribution in [2.75, 3.05) is 19.6 Å². The molecule has 1 aliphatic heterocycles. The van der Waals surface area contributed by atoms with Gasteiger partial charge in [-0.25, -0.2) is 12.8 Å². The van der Waals surface area contributed by atoms with E-state index < -0.39 is 27.7 Å². The second-order valence-corrected chi connectivity index (χ2v) is 10.2. The van der Waals surface area contributed by atoms with Crippen molar-refractivity contribution in [3.63, 3.8) is 0 Å². The molecular formula is C23H27ClFN3O4S. The van der Waals surface area contributed by atoms with E-state index in [1.807, 2.05) is 12.1 Å². The van der Waals surface area contributed by atoms with E-state index in [2.05, 4.69) is 10.6 Å². The fraction of sp³-hybridized carbons (Fsp3) is 0.391. The summed E-state index contributed by atoms with van der Waals surface area (Å²) in [6, 6.07) is 11.7. The van der Waals surface area contributed by atoms with Gasteiger partial charge in [0.2, 0.25) is 10.0 Å². The zero-order valence-corrected chi connectivity index (χ0v) is 19.7. The number of sulfonamides is 1. The Morgan fingerprint density at radius 2 is 1.61 bits per heavy atom. The molecule has 1 atom stereocenters. The van der Waals surface area contributed by atoms with Crippen LogP contribution in [0.5, 0.6) is 0 Å². The molecule has 0 bridgehead atoms. The van der Waals surface area contributed by atoms with Gasteiger partial charge >= 0.3 is 11.8 Å². The second-order valence-electron chi connectivity index (χ2n) is 7.90. The number of piperidine rings is 1. The molecule has 2 amide bonds. The Bertz CT molecular complexity index is 1060. The standard InChI is InChI=1S/C23H27ClFN3O4S/c24-18-6-4-17(5-7-18)12-14-26-22(29)23(30)27-15-13-20-3-1-2-16-28(20)33(31,32)21-10-8-19(25)9-11-21/h4-11,20H,1-3,12-16H2,(H,26,29)(H,27,30)/t20-/m0/s1. The van der Waals surface area contributed by atoms with Crippen LogP contribution in [0.2, 0.25) is 5.02 Å². The number of amides is 2. The van der Waals surface area contributed by atoms with Crippen molar-refractivity contribution in [2.45, 2.75) is 43.0 Å². The normalized spacial score (nSPS) is 16.8. The van der Waals surface area contributed by atoms with Crippen molar-refractivity contribution in [1.29, 1.82) is 0 Å². The van der Waals surface area contributed by atoms with Gasteiger partial charge in [-0.15, -0.1) is 0 Å². The van der Waals surface area contributed by atoms with Crippen LogP contribution in [-0.2, 0) is 26.0 Å². The Balaban J connectivity index is 1.47. The largest absolute Gasteiger partial charge is 0.348 e. The topological polar surface area (TPSA) is 95.6 Å². The van der Waals surface area contributed by atoms with E-state index in [4.69, 9.17) is 11.6 Å². The molecule has 1 saturated heterocycles. The van der Waals surface area contributed by atoms with E-state index in [9.17, 15) is 22.4 Å². The minimum Gasteiger partial charge on any atom is -0.348 e. The highest BCUT2D eigenvalue weighted by molar-refractivity contribution is 7.89. The molecule has 0 unspecified atom stereocenters. The summed E-state index contributed by atoms with van der Waals surface area (Å²) in [6.45, 7) is 0.841. The third-order valence-electron chi connectivity index (χ3n) is 5.58. The van der Waals surface area contributed by atoms with Gasteiger partial charge in [0.05, 0.1) is 4.90 Å². The Morgan fingerprint density at radius 3 is 2.27 bits per heavy atom. The molecule has 0 radical (unpaired) electrons. The fourth-order valence-corrected chi connectivity index (χ4v) is 5.65. The fourth-order valence-electron chi connectivity index (χ4n) is 3.81. The monoisotopic (exact) mass is 495 g/mol. The van der Waals surface area contributed by atoms with E-state index in [1.165, 1.54) is 16.4 Å². The van der Waals surface area contributed by atoms with E-state index >= 15 is 0 Å². The van der Waals surface area contributed by atoms with E-state index in [0.29, 0.717) is 37.4 Å². The Labute approximate surface area is 198 Å². The SMILES string of the molecule is O=C(NCCc1ccc(Cl)cc1)C(=O)NCC[C@@H]1CCCCN1S(=O)(=O)c1ccc(F)cc1. The van der Waals surface area contributed by atoms with Gasteiger partial charge in [0.25, 0.3) is 0 Å². The smallest absolute Gasteiger partial charge is 0.309 e. The summed E-state index contributed by atoms with van der Waals surface area (Å²) in [5.41, 5.74) is 0.986. The van der Waals surface area contributed by atoms with Crippen LogP contribution < -0.4 is 10.6 Å². The lowest BCUT2D eigenvalue weighted by Crippen LogP contribution is -2.46. The lowest BCUT2D eigenvalue weighted by atomic mass is 10.0. The van der Waals surface area contributed by atoms with E-state index in [1.54, 1.807) is 12.1 Å². The number of benzene rings is 2. The highest BCUT2D eigenvalue weighted by atomic mass is 35.5. The average Bonchev–Trinajstić information content (AvgIpc) is 2.80. The molecule has 2 aromatic rings. The van der Waals surface area contributed by atoms with Crippen LogP contribution in [0.1, 0.15) is 31.2 Å². The van der Waals surface area contributed by atoms with E-state index in [0.717, 1.165) is 30.5 Å². The molecule has 1 aliphatic rings. The summed E-state index contributed by atoms with van der Waals surface area (Å²) in [5, 5.41) is 5.77. The van der Waals surface area contributed by atoms with Crippen molar-refractivity contribution < 1.29 is 22.4 Å². The minimum absolute atomic E-state index is 0.0416. The number of hydrogen-bond acceptors (Lipinski definition) is 4. The van der Waals surface area contributed by atoms with Crippen molar-refractivity contribution >= 4 is 33.4 Å². The van der Waals surface area contributed by atoms with Crippen LogP contribution in [-0.4, -0.2) is 50.2 Å². The number of carbonyl (C=O) groups excluding carboxylic acids is 2. The van der Waals surface area contributed by atoms with Crippen LogP contribution in [0, 0.1) is 5.82 Å². The van der Waals surface area contributed by atoms with Gasteiger partial charge in [-0.3, -0.25) is 9.59 Å². The first-order chi connectivity index (χ1) is 15.8. The highest BCUT2D eigenvalue weighted by Crippen LogP contribution is 2.27. The lowest BCUT2D eigenvalue weighted by Gasteiger charge is -2.34. The van der Waals surface area contributed by atoms with Crippen LogP contribution >= 0.6 is 11.6 Å². The molecule has 1 heterocycles. The van der Waals surface area contributed by atoms with Crippen molar-refractivity contribution in [2.24, 2.45) is 0 Å². The maximum atomic E-state index is 13.2. The minimum atomic E-state index is -3.77. The number of carbonyl (C=O) groups is 2. The predicted molar refractivity (Wildman–Crippen MR) is 124 cm³/mol. The first kappa shape index (κ1) is 25.1. The molecule has 10 heteroatoms. The number of rotatable bonds is 8. The van der Waals surface area contributed by atoms with Gasteiger partial charge in [-0.05, 0) is 67.6 Å². The summed E-state index contributed by atoms with van der Waals surface area (Å²) >= 11 is 5.84. The molecule has 0 aliphatic carbocycles. The zero-order chi connectivity index (χ0) is 23.8. The van der Waals surface area contributed by atoms with Crippen molar-refractivity contribution in [3.8, 4) is 0 Å². The first-order valence-corrected chi connectivity index (χ1v) is 12.7. The van der Waals surface area contributed by atoms with Gasteiger partial charge in [-0.2, -0.15) is 4.31 Å². The molecule has 7 nitrogen and oxygen atoms in total. The predicted octanol–water partition coefficient (Wildman–Crippen LogP) is 2.89. The highest BCUT2D eigenvalue weighted by Gasteiger charge is 2.33. The van der Waals surface area contributed by atoms with Crippen LogP contribution in [0.3, 0.4) is 0 Å². The molecule has 0 aromatic heterocycles. The molecule has 3 rings (SSSR count). The number of halogens is 2. The number of hydrogen-bond donors (Lipinski definition) is 2.